The van der Waals surface area contributed by atoms with Gasteiger partial charge in [-0.05, 0) is 24.1 Å². The van der Waals surface area contributed by atoms with E-state index in [1.54, 1.807) is 6.07 Å². The van der Waals surface area contributed by atoms with E-state index in [0.717, 1.165) is 10.5 Å². The molecule has 0 saturated carbocycles. The predicted molar refractivity (Wildman–Crippen MR) is 61.5 cm³/mol. The number of benzene rings is 1. The van der Waals surface area contributed by atoms with Crippen LogP contribution in [-0.2, 0) is 16.0 Å². The zero-order valence-corrected chi connectivity index (χ0v) is 9.80. The summed E-state index contributed by atoms with van der Waals surface area (Å²) in [6, 6.07) is 4.41. The molecule has 92 valence electrons. The summed E-state index contributed by atoms with van der Waals surface area (Å²) in [5.74, 6) is -1.01. The summed E-state index contributed by atoms with van der Waals surface area (Å²) < 4.78 is 0. The molecule has 1 rings (SSSR count). The van der Waals surface area contributed by atoms with Crippen LogP contribution in [0.2, 0.25) is 0 Å². The second-order valence-corrected chi connectivity index (χ2v) is 3.76. The quantitative estimate of drug-likeness (QED) is 0.770. The van der Waals surface area contributed by atoms with E-state index in [2.05, 4.69) is 0 Å². The number of carbonyl (C=O) groups is 2. The Balaban J connectivity index is 2.69. The van der Waals surface area contributed by atoms with Gasteiger partial charge in [0.2, 0.25) is 11.8 Å². The maximum Gasteiger partial charge on any atom is 0.226 e. The largest absolute Gasteiger partial charge is 0.504 e. The van der Waals surface area contributed by atoms with Gasteiger partial charge in [0.25, 0.3) is 0 Å². The third-order valence-electron chi connectivity index (χ3n) is 2.42. The summed E-state index contributed by atoms with van der Waals surface area (Å²) >= 11 is 0. The minimum atomic E-state index is -0.305. The van der Waals surface area contributed by atoms with E-state index < -0.39 is 0 Å². The Morgan fingerprint density at radius 3 is 2.18 bits per heavy atom. The first-order chi connectivity index (χ1) is 7.91. The van der Waals surface area contributed by atoms with Crippen LogP contribution in [0.1, 0.15) is 19.4 Å². The van der Waals surface area contributed by atoms with Gasteiger partial charge >= 0.3 is 0 Å². The van der Waals surface area contributed by atoms with Gasteiger partial charge < -0.3 is 10.2 Å². The zero-order valence-electron chi connectivity index (χ0n) is 9.80. The molecule has 2 amide bonds. The Morgan fingerprint density at radius 2 is 1.71 bits per heavy atom. The molecule has 0 aliphatic carbocycles. The van der Waals surface area contributed by atoms with Crippen LogP contribution in [0.3, 0.4) is 0 Å². The molecule has 0 aliphatic rings. The minimum Gasteiger partial charge on any atom is -0.504 e. The Hall–Kier alpha value is -2.04. The highest BCUT2D eigenvalue weighted by Gasteiger charge is 2.13. The van der Waals surface area contributed by atoms with E-state index in [4.69, 9.17) is 5.11 Å². The molecule has 0 saturated heterocycles. The third kappa shape index (κ3) is 3.48. The van der Waals surface area contributed by atoms with E-state index in [1.807, 2.05) is 0 Å². The second kappa shape index (κ2) is 5.34. The molecule has 5 heteroatoms. The summed E-state index contributed by atoms with van der Waals surface area (Å²) in [4.78, 5) is 23.4. The summed E-state index contributed by atoms with van der Waals surface area (Å²) in [6.45, 7) is 2.92. The highest BCUT2D eigenvalue weighted by atomic mass is 16.3. The average Bonchev–Trinajstić information content (AvgIpc) is 2.22. The van der Waals surface area contributed by atoms with E-state index in [9.17, 15) is 14.7 Å². The number of carbonyl (C=O) groups excluding carboxylic acids is 2. The standard InChI is InChI=1S/C12H15NO4/c1-8(14)13(9(2)15)6-5-10-3-4-11(16)12(17)7-10/h3-4,7,16-17H,5-6H2,1-2H3. The molecule has 0 heterocycles. The number of rotatable bonds is 3. The lowest BCUT2D eigenvalue weighted by molar-refractivity contribution is -0.141. The molecule has 0 bridgehead atoms. The fourth-order valence-corrected chi connectivity index (χ4v) is 1.50. The number of aromatic hydroxyl groups is 2. The zero-order chi connectivity index (χ0) is 13.0. The molecule has 0 radical (unpaired) electrons. The van der Waals surface area contributed by atoms with Gasteiger partial charge in [0.1, 0.15) is 0 Å². The van der Waals surface area contributed by atoms with Crippen molar-refractivity contribution in [3.63, 3.8) is 0 Å². The lowest BCUT2D eigenvalue weighted by Crippen LogP contribution is -2.34. The molecule has 0 atom stereocenters. The molecule has 5 nitrogen and oxygen atoms in total. The van der Waals surface area contributed by atoms with Gasteiger partial charge in [0.15, 0.2) is 11.5 Å². The van der Waals surface area contributed by atoms with E-state index in [0.29, 0.717) is 6.42 Å². The number of phenolic OH excluding ortho intramolecular Hbond substituents is 2. The van der Waals surface area contributed by atoms with Crippen LogP contribution in [0.4, 0.5) is 0 Å². The number of amides is 2. The van der Waals surface area contributed by atoms with E-state index in [-0.39, 0.29) is 29.9 Å². The molecule has 17 heavy (non-hydrogen) atoms. The molecule has 1 aromatic carbocycles. The monoisotopic (exact) mass is 237 g/mol. The molecule has 2 N–H and O–H groups in total. The van der Waals surface area contributed by atoms with Gasteiger partial charge in [0, 0.05) is 20.4 Å². The maximum atomic E-state index is 11.1. The normalized spacial score (nSPS) is 10.0. The molecule has 0 aliphatic heterocycles. The van der Waals surface area contributed by atoms with Gasteiger partial charge in [-0.25, -0.2) is 0 Å². The number of hydrogen-bond donors (Lipinski definition) is 2. The first kappa shape index (κ1) is 13.0. The van der Waals surface area contributed by atoms with Gasteiger partial charge in [-0.1, -0.05) is 6.07 Å². The molecule has 0 unspecified atom stereocenters. The SMILES string of the molecule is CC(=O)N(CCc1ccc(O)c(O)c1)C(C)=O. The Kier molecular flexibility index (Phi) is 4.09. The van der Waals surface area contributed by atoms with Crippen LogP contribution < -0.4 is 0 Å². The number of nitrogens with zero attached hydrogens (tertiary/aromatic N) is 1. The summed E-state index contributed by atoms with van der Waals surface area (Å²) in [5.41, 5.74) is 0.743. The molecular weight excluding hydrogens is 222 g/mol. The fourth-order valence-electron chi connectivity index (χ4n) is 1.50. The van der Waals surface area contributed by atoms with Gasteiger partial charge in [-0.15, -0.1) is 0 Å². The summed E-state index contributed by atoms with van der Waals surface area (Å²) in [7, 11) is 0. The van der Waals surface area contributed by atoms with Crippen molar-refractivity contribution in [3.05, 3.63) is 23.8 Å². The summed E-state index contributed by atoms with van der Waals surface area (Å²) in [6.07, 6.45) is 0.438. The third-order valence-corrected chi connectivity index (χ3v) is 2.42. The first-order valence-electron chi connectivity index (χ1n) is 5.21. The van der Waals surface area contributed by atoms with E-state index in [1.165, 1.54) is 26.0 Å². The fraction of sp³-hybridized carbons (Fsp3) is 0.333. The van der Waals surface area contributed by atoms with Crippen LogP contribution in [0, 0.1) is 0 Å². The van der Waals surface area contributed by atoms with Crippen LogP contribution >= 0.6 is 0 Å². The van der Waals surface area contributed by atoms with Crippen molar-refractivity contribution in [2.75, 3.05) is 6.54 Å². The van der Waals surface area contributed by atoms with Crippen LogP contribution in [0.25, 0.3) is 0 Å². The number of phenols is 2. The Labute approximate surface area is 99.3 Å². The van der Waals surface area contributed by atoms with Crippen LogP contribution in [0.5, 0.6) is 11.5 Å². The van der Waals surface area contributed by atoms with Crippen LogP contribution in [0.15, 0.2) is 18.2 Å². The summed E-state index contributed by atoms with van der Waals surface area (Å²) in [5, 5.41) is 18.4. The molecule has 1 aromatic rings. The molecule has 0 spiro atoms. The maximum absolute atomic E-state index is 11.1. The molecular formula is C12H15NO4. The van der Waals surface area contributed by atoms with Crippen LogP contribution in [-0.4, -0.2) is 33.5 Å². The van der Waals surface area contributed by atoms with Crippen molar-refractivity contribution in [2.24, 2.45) is 0 Å². The molecule has 0 fully saturated rings. The topological polar surface area (TPSA) is 77.8 Å². The van der Waals surface area contributed by atoms with E-state index >= 15 is 0 Å². The van der Waals surface area contributed by atoms with Crippen molar-refractivity contribution >= 4 is 11.8 Å². The van der Waals surface area contributed by atoms with Gasteiger partial charge in [-0.3, -0.25) is 14.5 Å². The number of hydrogen-bond acceptors (Lipinski definition) is 4. The second-order valence-electron chi connectivity index (χ2n) is 3.76. The number of imide groups is 1. The molecule has 0 aromatic heterocycles. The lowest BCUT2D eigenvalue weighted by Gasteiger charge is -2.16. The average molecular weight is 237 g/mol. The Bertz CT molecular complexity index is 428. The first-order valence-corrected chi connectivity index (χ1v) is 5.21. The minimum absolute atomic E-state index is 0.191. The highest BCUT2D eigenvalue weighted by Crippen LogP contribution is 2.25. The smallest absolute Gasteiger partial charge is 0.226 e. The van der Waals surface area contributed by atoms with Crippen molar-refractivity contribution in [1.82, 2.24) is 4.90 Å². The van der Waals surface area contributed by atoms with Crippen molar-refractivity contribution < 1.29 is 19.8 Å². The van der Waals surface area contributed by atoms with Crippen molar-refractivity contribution in [2.45, 2.75) is 20.3 Å². The van der Waals surface area contributed by atoms with Gasteiger partial charge in [-0.2, -0.15) is 0 Å². The Morgan fingerprint density at radius 1 is 1.12 bits per heavy atom. The lowest BCUT2D eigenvalue weighted by atomic mass is 10.1. The van der Waals surface area contributed by atoms with Crippen molar-refractivity contribution in [3.8, 4) is 11.5 Å². The van der Waals surface area contributed by atoms with Gasteiger partial charge in [0.05, 0.1) is 0 Å². The highest BCUT2D eigenvalue weighted by molar-refractivity contribution is 5.92. The predicted octanol–water partition coefficient (Wildman–Crippen LogP) is 1.04. The van der Waals surface area contributed by atoms with Crippen molar-refractivity contribution in [1.29, 1.82) is 0 Å².